The van der Waals surface area contributed by atoms with Crippen LogP contribution in [0.5, 0.6) is 0 Å². The van der Waals surface area contributed by atoms with Crippen molar-refractivity contribution in [2.75, 3.05) is 37.3 Å². The minimum absolute atomic E-state index is 0.219. The maximum atomic E-state index is 12.0. The number of rotatable bonds is 6. The Hall–Kier alpha value is -1.07. The zero-order valence-electron chi connectivity index (χ0n) is 13.2. The molecule has 1 fully saturated rings. The quantitative estimate of drug-likeness (QED) is 0.876. The minimum atomic E-state index is -3.11. The first kappa shape index (κ1) is 16.3. The number of hydrogen-bond acceptors (Lipinski definition) is 4. The van der Waals surface area contributed by atoms with E-state index < -0.39 is 9.84 Å². The number of benzene rings is 1. The molecule has 0 aliphatic carbocycles. The molecule has 1 saturated heterocycles. The van der Waals surface area contributed by atoms with E-state index in [-0.39, 0.29) is 5.75 Å². The third-order valence-electron chi connectivity index (χ3n) is 4.20. The average molecular weight is 310 g/mol. The summed E-state index contributed by atoms with van der Waals surface area (Å²) < 4.78 is 24.1. The molecule has 0 spiro atoms. The van der Waals surface area contributed by atoms with Gasteiger partial charge < -0.3 is 10.2 Å². The molecule has 0 bridgehead atoms. The van der Waals surface area contributed by atoms with Crippen molar-refractivity contribution < 1.29 is 8.42 Å². The summed E-state index contributed by atoms with van der Waals surface area (Å²) in [5.74, 6) is 0.219. The molecule has 1 atom stereocenters. The van der Waals surface area contributed by atoms with E-state index >= 15 is 0 Å². The van der Waals surface area contributed by atoms with E-state index in [1.807, 2.05) is 26.1 Å². The Morgan fingerprint density at radius 2 is 1.95 bits per heavy atom. The Morgan fingerprint density at radius 1 is 1.29 bits per heavy atom. The van der Waals surface area contributed by atoms with Crippen molar-refractivity contribution in [1.29, 1.82) is 0 Å². The largest absolute Gasteiger partial charge is 0.371 e. The molecule has 1 aromatic rings. The summed E-state index contributed by atoms with van der Waals surface area (Å²) in [6.45, 7) is 7.23. The third kappa shape index (κ3) is 3.77. The molecule has 0 saturated carbocycles. The highest BCUT2D eigenvalue weighted by molar-refractivity contribution is 7.91. The van der Waals surface area contributed by atoms with E-state index in [4.69, 9.17) is 0 Å². The molecular weight excluding hydrogens is 284 g/mol. The number of nitrogens with zero attached hydrogens (tertiary/aromatic N) is 1. The van der Waals surface area contributed by atoms with E-state index in [1.54, 1.807) is 12.1 Å². The van der Waals surface area contributed by atoms with Crippen molar-refractivity contribution in [3.8, 4) is 0 Å². The van der Waals surface area contributed by atoms with Gasteiger partial charge in [-0.3, -0.25) is 0 Å². The van der Waals surface area contributed by atoms with Gasteiger partial charge in [0.1, 0.15) is 0 Å². The minimum Gasteiger partial charge on any atom is -0.371 e. The highest BCUT2D eigenvalue weighted by atomic mass is 32.2. The fourth-order valence-electron chi connectivity index (χ4n) is 3.07. The SMILES string of the molecule is CCCS(=O)(=O)c1ccc(N2CCC(C)(CNC)C2)cc1. The summed E-state index contributed by atoms with van der Waals surface area (Å²) in [5, 5.41) is 3.26. The first-order chi connectivity index (χ1) is 9.90. The average Bonchev–Trinajstić information content (AvgIpc) is 2.82. The van der Waals surface area contributed by atoms with Gasteiger partial charge >= 0.3 is 0 Å². The second-order valence-corrected chi connectivity index (χ2v) is 8.43. The second-order valence-electron chi connectivity index (χ2n) is 6.33. The summed E-state index contributed by atoms with van der Waals surface area (Å²) in [6, 6.07) is 7.36. The smallest absolute Gasteiger partial charge is 0.178 e. The van der Waals surface area contributed by atoms with Gasteiger partial charge in [0.2, 0.25) is 0 Å². The molecule has 0 aromatic heterocycles. The van der Waals surface area contributed by atoms with Gasteiger partial charge in [-0.1, -0.05) is 13.8 Å². The molecule has 118 valence electrons. The molecule has 1 aliphatic rings. The van der Waals surface area contributed by atoms with Gasteiger partial charge in [-0.05, 0) is 49.6 Å². The lowest BCUT2D eigenvalue weighted by atomic mass is 9.90. The molecule has 1 N–H and O–H groups in total. The van der Waals surface area contributed by atoms with E-state index in [0.717, 1.165) is 31.7 Å². The maximum Gasteiger partial charge on any atom is 0.178 e. The van der Waals surface area contributed by atoms with Gasteiger partial charge in [0.15, 0.2) is 9.84 Å². The Balaban J connectivity index is 2.10. The molecular formula is C16H26N2O2S. The lowest BCUT2D eigenvalue weighted by Gasteiger charge is -2.25. The Labute approximate surface area is 128 Å². The standard InChI is InChI=1S/C16H26N2O2S/c1-4-11-21(19,20)15-7-5-14(6-8-15)18-10-9-16(2,13-18)12-17-3/h5-8,17H,4,9-13H2,1-3H3. The highest BCUT2D eigenvalue weighted by Gasteiger charge is 2.33. The lowest BCUT2D eigenvalue weighted by Crippen LogP contribution is -2.33. The van der Waals surface area contributed by atoms with E-state index in [2.05, 4.69) is 17.1 Å². The van der Waals surface area contributed by atoms with Gasteiger partial charge in [0, 0.05) is 25.3 Å². The molecule has 4 nitrogen and oxygen atoms in total. The van der Waals surface area contributed by atoms with Crippen LogP contribution in [-0.2, 0) is 9.84 Å². The predicted octanol–water partition coefficient (Wildman–Crippen LogP) is 2.31. The Morgan fingerprint density at radius 3 is 2.52 bits per heavy atom. The fraction of sp³-hybridized carbons (Fsp3) is 0.625. The predicted molar refractivity (Wildman–Crippen MR) is 87.6 cm³/mol. The van der Waals surface area contributed by atoms with Crippen LogP contribution >= 0.6 is 0 Å². The molecule has 1 unspecified atom stereocenters. The van der Waals surface area contributed by atoms with Crippen molar-refractivity contribution in [2.24, 2.45) is 5.41 Å². The summed E-state index contributed by atoms with van der Waals surface area (Å²) in [5.41, 5.74) is 1.41. The van der Waals surface area contributed by atoms with Crippen LogP contribution in [0, 0.1) is 5.41 Å². The van der Waals surface area contributed by atoms with Crippen LogP contribution in [0.3, 0.4) is 0 Å². The number of nitrogens with one attached hydrogen (secondary N) is 1. The Kier molecular flexibility index (Phi) is 4.94. The van der Waals surface area contributed by atoms with Crippen molar-refractivity contribution in [3.63, 3.8) is 0 Å². The molecule has 1 heterocycles. The number of anilines is 1. The van der Waals surface area contributed by atoms with E-state index in [0.29, 0.717) is 16.7 Å². The molecule has 0 radical (unpaired) electrons. The van der Waals surface area contributed by atoms with Gasteiger partial charge in [0.05, 0.1) is 10.6 Å². The summed E-state index contributed by atoms with van der Waals surface area (Å²) in [4.78, 5) is 2.78. The van der Waals surface area contributed by atoms with Gasteiger partial charge in [0.25, 0.3) is 0 Å². The molecule has 1 aliphatic heterocycles. The third-order valence-corrected chi connectivity index (χ3v) is 6.13. The topological polar surface area (TPSA) is 49.4 Å². The van der Waals surface area contributed by atoms with Gasteiger partial charge in [-0.25, -0.2) is 8.42 Å². The second kappa shape index (κ2) is 6.36. The summed E-state index contributed by atoms with van der Waals surface area (Å²) in [7, 11) is -1.12. The van der Waals surface area contributed by atoms with Crippen LogP contribution in [0.4, 0.5) is 5.69 Å². The van der Waals surface area contributed by atoms with Crippen LogP contribution in [0.25, 0.3) is 0 Å². The first-order valence-electron chi connectivity index (χ1n) is 7.62. The van der Waals surface area contributed by atoms with E-state index in [1.165, 1.54) is 0 Å². The van der Waals surface area contributed by atoms with Crippen LogP contribution < -0.4 is 10.2 Å². The first-order valence-corrected chi connectivity index (χ1v) is 9.28. The van der Waals surface area contributed by atoms with Crippen LogP contribution in [0.1, 0.15) is 26.7 Å². The van der Waals surface area contributed by atoms with Gasteiger partial charge in [-0.15, -0.1) is 0 Å². The zero-order chi connectivity index (χ0) is 15.5. The fourth-order valence-corrected chi connectivity index (χ4v) is 4.39. The van der Waals surface area contributed by atoms with Crippen LogP contribution in [-0.4, -0.2) is 40.9 Å². The summed E-state index contributed by atoms with van der Waals surface area (Å²) in [6.07, 6.45) is 1.81. The molecule has 5 heteroatoms. The Bertz CT molecular complexity index is 568. The zero-order valence-corrected chi connectivity index (χ0v) is 14.0. The molecule has 0 amide bonds. The van der Waals surface area contributed by atoms with Crippen molar-refractivity contribution in [3.05, 3.63) is 24.3 Å². The van der Waals surface area contributed by atoms with E-state index in [9.17, 15) is 8.42 Å². The van der Waals surface area contributed by atoms with Crippen molar-refractivity contribution in [2.45, 2.75) is 31.6 Å². The summed E-state index contributed by atoms with van der Waals surface area (Å²) >= 11 is 0. The molecule has 2 rings (SSSR count). The van der Waals surface area contributed by atoms with Crippen LogP contribution in [0.2, 0.25) is 0 Å². The number of sulfone groups is 1. The number of hydrogen-bond donors (Lipinski definition) is 1. The lowest BCUT2D eigenvalue weighted by molar-refractivity contribution is 0.356. The molecule has 1 aromatic carbocycles. The molecule has 21 heavy (non-hydrogen) atoms. The normalized spacial score (nSPS) is 22.7. The van der Waals surface area contributed by atoms with Crippen LogP contribution in [0.15, 0.2) is 29.2 Å². The maximum absolute atomic E-state index is 12.0. The monoisotopic (exact) mass is 310 g/mol. The highest BCUT2D eigenvalue weighted by Crippen LogP contribution is 2.33. The van der Waals surface area contributed by atoms with Crippen molar-refractivity contribution >= 4 is 15.5 Å². The van der Waals surface area contributed by atoms with Gasteiger partial charge in [-0.2, -0.15) is 0 Å². The van der Waals surface area contributed by atoms with Crippen molar-refractivity contribution in [1.82, 2.24) is 5.32 Å².